The topological polar surface area (TPSA) is 81.7 Å². The number of halogens is 3. The Morgan fingerprint density at radius 2 is 2.14 bits per heavy atom. The Morgan fingerprint density at radius 3 is 2.86 bits per heavy atom. The second kappa shape index (κ2) is 9.25. The van der Waals surface area contributed by atoms with Gasteiger partial charge in [0.15, 0.2) is 5.82 Å². The van der Waals surface area contributed by atoms with Crippen LogP contribution in [0.2, 0.25) is 0 Å². The monoisotopic (exact) mass is 501 g/mol. The molecule has 2 aliphatic rings. The van der Waals surface area contributed by atoms with E-state index in [1.807, 2.05) is 0 Å². The fourth-order valence-electron chi connectivity index (χ4n) is 5.00. The lowest BCUT2D eigenvalue weighted by Crippen LogP contribution is -2.57. The van der Waals surface area contributed by atoms with Crippen LogP contribution in [-0.4, -0.2) is 87.4 Å². The Hall–Kier alpha value is -3.38. The molecule has 2 saturated heterocycles. The summed E-state index contributed by atoms with van der Waals surface area (Å²) in [4.78, 5) is 10.8. The van der Waals surface area contributed by atoms with Crippen molar-refractivity contribution in [3.8, 4) is 17.0 Å². The van der Waals surface area contributed by atoms with Gasteiger partial charge in [-0.3, -0.25) is 4.90 Å². The minimum Gasteiger partial charge on any atom is -0.479 e. The highest BCUT2D eigenvalue weighted by Crippen LogP contribution is 2.35. The molecule has 0 aliphatic carbocycles. The number of ether oxygens (including phenoxy) is 2. The maximum atomic E-state index is 15.3. The van der Waals surface area contributed by atoms with Crippen LogP contribution in [-0.2, 0) is 11.3 Å². The van der Waals surface area contributed by atoms with E-state index in [0.717, 1.165) is 6.54 Å². The number of nitrogens with zero attached hydrogens (tertiary/aromatic N) is 6. The summed E-state index contributed by atoms with van der Waals surface area (Å²) in [5.74, 6) is -0.205. The second-order valence-corrected chi connectivity index (χ2v) is 9.16. The van der Waals surface area contributed by atoms with Crippen LogP contribution in [0, 0.1) is 5.82 Å². The van der Waals surface area contributed by atoms with Gasteiger partial charge in [0, 0.05) is 13.1 Å². The van der Waals surface area contributed by atoms with Crippen LogP contribution in [0.1, 0.15) is 6.42 Å². The van der Waals surface area contributed by atoms with E-state index in [2.05, 4.69) is 25.3 Å². The van der Waals surface area contributed by atoms with Gasteiger partial charge in [0.05, 0.1) is 68.1 Å². The van der Waals surface area contributed by atoms with E-state index >= 15 is 4.39 Å². The third-order valence-electron chi connectivity index (χ3n) is 7.01. The number of anilines is 1. The van der Waals surface area contributed by atoms with Crippen molar-refractivity contribution in [2.75, 3.05) is 45.4 Å². The molecular weight excluding hydrogens is 475 g/mol. The Kier molecular flexibility index (Phi) is 5.92. The molecule has 4 aromatic rings. The van der Waals surface area contributed by atoms with Crippen molar-refractivity contribution in [2.45, 2.75) is 31.2 Å². The van der Waals surface area contributed by atoms with Gasteiger partial charge in [-0.15, -0.1) is 5.10 Å². The van der Waals surface area contributed by atoms with E-state index in [4.69, 9.17) is 9.47 Å². The first kappa shape index (κ1) is 23.0. The molecule has 9 nitrogen and oxygen atoms in total. The van der Waals surface area contributed by atoms with Gasteiger partial charge in [0.25, 0.3) is 0 Å². The van der Waals surface area contributed by atoms with E-state index in [9.17, 15) is 8.78 Å². The first-order chi connectivity index (χ1) is 17.6. The lowest BCUT2D eigenvalue weighted by molar-refractivity contribution is -0.0794. The molecule has 3 aromatic heterocycles. The van der Waals surface area contributed by atoms with Crippen LogP contribution in [0.5, 0.6) is 5.88 Å². The first-order valence-corrected chi connectivity index (χ1v) is 11.9. The molecule has 0 amide bonds. The van der Waals surface area contributed by atoms with E-state index in [1.54, 1.807) is 29.1 Å². The molecular formula is C24H26F3N7O2. The average molecular weight is 502 g/mol. The van der Waals surface area contributed by atoms with Crippen molar-refractivity contribution >= 4 is 22.5 Å². The van der Waals surface area contributed by atoms with E-state index in [0.29, 0.717) is 48.3 Å². The number of alkyl halides is 2. The summed E-state index contributed by atoms with van der Waals surface area (Å²) < 4.78 is 56.9. The standard InChI is InChI=1S/C24H26F3N7O2/c1-35-23-22-21(14-2-3-19-20(8-14)33(7-5-25)13-28-19)17(27)10-34(22)31-24(30-23)29-18-4-6-32(9-16(18)26)15-11-36-12-15/h2-3,8,10,13,15-16,18H,4-7,9,11-12H2,1H3,(H,29,31)/t16-,18-/m0/s1. The highest BCUT2D eigenvalue weighted by molar-refractivity contribution is 5.90. The predicted octanol–water partition coefficient (Wildman–Crippen LogP) is 3.09. The molecule has 36 heavy (non-hydrogen) atoms. The van der Waals surface area contributed by atoms with Crippen LogP contribution in [0.15, 0.2) is 30.7 Å². The number of aromatic nitrogens is 5. The number of piperidine rings is 1. The van der Waals surface area contributed by atoms with Gasteiger partial charge < -0.3 is 19.4 Å². The summed E-state index contributed by atoms with van der Waals surface area (Å²) >= 11 is 0. The molecule has 0 radical (unpaired) electrons. The highest BCUT2D eigenvalue weighted by Gasteiger charge is 2.36. The molecule has 1 N–H and O–H groups in total. The predicted molar refractivity (Wildman–Crippen MR) is 127 cm³/mol. The lowest BCUT2D eigenvalue weighted by atomic mass is 10.0. The molecule has 2 atom stereocenters. The minimum atomic E-state index is -1.11. The average Bonchev–Trinajstić information content (AvgIpc) is 3.39. The zero-order valence-corrected chi connectivity index (χ0v) is 19.7. The number of hydrogen-bond donors (Lipinski definition) is 1. The van der Waals surface area contributed by atoms with E-state index < -0.39 is 24.7 Å². The first-order valence-electron chi connectivity index (χ1n) is 11.9. The van der Waals surface area contributed by atoms with Crippen molar-refractivity contribution < 1.29 is 22.6 Å². The normalized spacial score (nSPS) is 21.2. The van der Waals surface area contributed by atoms with Gasteiger partial charge in [-0.25, -0.2) is 22.7 Å². The molecule has 2 aliphatic heterocycles. The zero-order chi connectivity index (χ0) is 24.8. The van der Waals surface area contributed by atoms with Gasteiger partial charge in [0.1, 0.15) is 18.4 Å². The molecule has 0 spiro atoms. The molecule has 0 bridgehead atoms. The van der Waals surface area contributed by atoms with E-state index in [1.165, 1.54) is 17.8 Å². The van der Waals surface area contributed by atoms with Gasteiger partial charge in [-0.1, -0.05) is 6.07 Å². The molecule has 190 valence electrons. The smallest absolute Gasteiger partial charge is 0.244 e. The fraction of sp³-hybridized carbons (Fsp3) is 0.458. The number of fused-ring (bicyclic) bond motifs is 2. The Balaban J connectivity index is 1.32. The Labute approximate surface area is 204 Å². The van der Waals surface area contributed by atoms with Crippen molar-refractivity contribution in [2.24, 2.45) is 0 Å². The quantitative estimate of drug-likeness (QED) is 0.417. The maximum absolute atomic E-state index is 15.3. The van der Waals surface area contributed by atoms with Crippen LogP contribution in [0.3, 0.4) is 0 Å². The minimum absolute atomic E-state index is 0.156. The summed E-state index contributed by atoms with van der Waals surface area (Å²) in [6.45, 7) is 1.97. The third kappa shape index (κ3) is 3.94. The van der Waals surface area contributed by atoms with Crippen molar-refractivity contribution in [3.05, 3.63) is 36.5 Å². The summed E-state index contributed by atoms with van der Waals surface area (Å²) in [6.07, 6.45) is 2.28. The number of likely N-dealkylation sites (tertiary alicyclic amines) is 1. The third-order valence-corrected chi connectivity index (χ3v) is 7.01. The zero-order valence-electron chi connectivity index (χ0n) is 19.7. The second-order valence-electron chi connectivity index (χ2n) is 9.16. The molecule has 6 rings (SSSR count). The lowest BCUT2D eigenvalue weighted by Gasteiger charge is -2.42. The Morgan fingerprint density at radius 1 is 1.28 bits per heavy atom. The molecule has 0 saturated carbocycles. The summed E-state index contributed by atoms with van der Waals surface area (Å²) in [5, 5.41) is 7.49. The fourth-order valence-corrected chi connectivity index (χ4v) is 5.00. The summed E-state index contributed by atoms with van der Waals surface area (Å²) in [7, 11) is 1.44. The largest absolute Gasteiger partial charge is 0.479 e. The number of nitrogens with one attached hydrogen (secondary N) is 1. The highest BCUT2D eigenvalue weighted by atomic mass is 19.1. The van der Waals surface area contributed by atoms with Gasteiger partial charge in [-0.2, -0.15) is 4.98 Å². The summed E-state index contributed by atoms with van der Waals surface area (Å²) in [6, 6.07) is 5.08. The van der Waals surface area contributed by atoms with Crippen LogP contribution in [0.4, 0.5) is 19.1 Å². The molecule has 1 aromatic carbocycles. The number of imidazole rings is 1. The molecule has 12 heteroatoms. The van der Waals surface area contributed by atoms with Crippen LogP contribution in [0.25, 0.3) is 27.7 Å². The van der Waals surface area contributed by atoms with Crippen LogP contribution >= 0.6 is 0 Å². The van der Waals surface area contributed by atoms with Crippen molar-refractivity contribution in [1.29, 1.82) is 0 Å². The van der Waals surface area contributed by atoms with Gasteiger partial charge >= 0.3 is 0 Å². The Bertz CT molecular complexity index is 1400. The van der Waals surface area contributed by atoms with Gasteiger partial charge in [0.2, 0.25) is 11.8 Å². The number of benzene rings is 1. The number of rotatable bonds is 7. The molecule has 2 fully saturated rings. The maximum Gasteiger partial charge on any atom is 0.244 e. The van der Waals surface area contributed by atoms with Crippen LogP contribution < -0.4 is 10.1 Å². The van der Waals surface area contributed by atoms with Crippen molar-refractivity contribution in [1.82, 2.24) is 29.0 Å². The SMILES string of the molecule is COc1nc(N[C@H]2CCN(C3COC3)C[C@@H]2F)nn2cc(F)c(-c3ccc4ncn(CCF)c4c3)c12. The summed E-state index contributed by atoms with van der Waals surface area (Å²) in [5.41, 5.74) is 2.53. The number of methoxy groups -OCH3 is 1. The number of aryl methyl sites for hydroxylation is 1. The van der Waals surface area contributed by atoms with E-state index in [-0.39, 0.29) is 30.0 Å². The number of hydrogen-bond acceptors (Lipinski definition) is 7. The molecule has 0 unspecified atom stereocenters. The van der Waals surface area contributed by atoms with Crippen molar-refractivity contribution in [3.63, 3.8) is 0 Å². The van der Waals surface area contributed by atoms with Gasteiger partial charge in [-0.05, 0) is 24.1 Å². The molecule has 5 heterocycles.